The average molecular weight is 556 g/mol. The molecule has 1 aliphatic heterocycles. The molecule has 2 heterocycles. The molecular formula is C29H38ClN5O4. The zero-order valence-corrected chi connectivity index (χ0v) is 23.7. The van der Waals surface area contributed by atoms with Gasteiger partial charge in [0.1, 0.15) is 23.4 Å². The lowest BCUT2D eigenvalue weighted by Crippen LogP contribution is -2.39. The molecule has 4 rings (SSSR count). The van der Waals surface area contributed by atoms with Crippen molar-refractivity contribution < 1.29 is 19.4 Å². The molecule has 0 radical (unpaired) electrons. The number of ether oxygens (including phenoxy) is 2. The quantitative estimate of drug-likeness (QED) is 0.323. The Labute approximate surface area is 235 Å². The van der Waals surface area contributed by atoms with E-state index in [1.807, 2.05) is 57.7 Å². The van der Waals surface area contributed by atoms with Gasteiger partial charge in [-0.15, -0.1) is 0 Å². The summed E-state index contributed by atoms with van der Waals surface area (Å²) in [6, 6.07) is 12.6. The number of hydrogen-bond acceptors (Lipinski definition) is 7. The van der Waals surface area contributed by atoms with Crippen LogP contribution >= 0.6 is 11.6 Å². The Hall–Kier alpha value is -2.95. The Bertz CT molecular complexity index is 1220. The SMILES string of the molecule is CN(C)Cc1ncc(-c2ccc(Oc3cc(Cl)ccc3CN[C@@H](CCCN3CCOCC3)C(=O)O)cc2)n1C. The molecule has 39 heavy (non-hydrogen) atoms. The fourth-order valence-corrected chi connectivity index (χ4v) is 4.79. The van der Waals surface area contributed by atoms with Gasteiger partial charge >= 0.3 is 5.97 Å². The van der Waals surface area contributed by atoms with Gasteiger partial charge in [0.25, 0.3) is 0 Å². The highest BCUT2D eigenvalue weighted by molar-refractivity contribution is 6.30. The number of carboxylic acid groups (broad SMARTS) is 1. The van der Waals surface area contributed by atoms with E-state index >= 15 is 0 Å². The number of carboxylic acids is 1. The topological polar surface area (TPSA) is 92.1 Å². The summed E-state index contributed by atoms with van der Waals surface area (Å²) >= 11 is 6.28. The van der Waals surface area contributed by atoms with Crippen molar-refractivity contribution in [3.63, 3.8) is 0 Å². The zero-order chi connectivity index (χ0) is 27.8. The van der Waals surface area contributed by atoms with Gasteiger partial charge in [-0.3, -0.25) is 9.69 Å². The van der Waals surface area contributed by atoms with E-state index in [0.717, 1.165) is 68.5 Å². The Morgan fingerprint density at radius 1 is 1.21 bits per heavy atom. The third-order valence-electron chi connectivity index (χ3n) is 6.86. The molecule has 1 atom stereocenters. The molecule has 1 saturated heterocycles. The summed E-state index contributed by atoms with van der Waals surface area (Å²) in [7, 11) is 6.06. The Morgan fingerprint density at radius 2 is 1.95 bits per heavy atom. The summed E-state index contributed by atoms with van der Waals surface area (Å²) in [6.45, 7) is 5.26. The van der Waals surface area contributed by atoms with E-state index in [2.05, 4.69) is 24.7 Å². The fourth-order valence-electron chi connectivity index (χ4n) is 4.63. The van der Waals surface area contributed by atoms with Crippen molar-refractivity contribution in [1.82, 2.24) is 24.7 Å². The molecular weight excluding hydrogens is 518 g/mol. The molecule has 0 unspecified atom stereocenters. The van der Waals surface area contributed by atoms with Gasteiger partial charge in [0.15, 0.2) is 0 Å². The van der Waals surface area contributed by atoms with Gasteiger partial charge in [-0.1, -0.05) is 17.7 Å². The molecule has 0 saturated carbocycles. The summed E-state index contributed by atoms with van der Waals surface area (Å²) in [5.74, 6) is 1.40. The van der Waals surface area contributed by atoms with E-state index in [9.17, 15) is 9.90 Å². The van der Waals surface area contributed by atoms with Gasteiger partial charge in [-0.2, -0.15) is 0 Å². The van der Waals surface area contributed by atoms with Crippen LogP contribution in [0.3, 0.4) is 0 Å². The highest BCUT2D eigenvalue weighted by Gasteiger charge is 2.19. The van der Waals surface area contributed by atoms with Crippen LogP contribution in [0.15, 0.2) is 48.7 Å². The van der Waals surface area contributed by atoms with E-state index in [0.29, 0.717) is 29.5 Å². The number of hydrogen-bond donors (Lipinski definition) is 2. The first kappa shape index (κ1) is 29.0. The van der Waals surface area contributed by atoms with Gasteiger partial charge in [0.05, 0.1) is 31.6 Å². The van der Waals surface area contributed by atoms with E-state index in [4.69, 9.17) is 21.1 Å². The highest BCUT2D eigenvalue weighted by Crippen LogP contribution is 2.30. The third kappa shape index (κ3) is 8.27. The van der Waals surface area contributed by atoms with E-state index in [-0.39, 0.29) is 0 Å². The molecule has 3 aromatic rings. The van der Waals surface area contributed by atoms with Gasteiger partial charge in [0, 0.05) is 42.8 Å². The molecule has 10 heteroatoms. The number of aromatic nitrogens is 2. The van der Waals surface area contributed by atoms with E-state index < -0.39 is 12.0 Å². The summed E-state index contributed by atoms with van der Waals surface area (Å²) in [5.41, 5.74) is 2.90. The van der Waals surface area contributed by atoms with Crippen molar-refractivity contribution in [3.8, 4) is 22.8 Å². The smallest absolute Gasteiger partial charge is 0.320 e. The molecule has 0 amide bonds. The van der Waals surface area contributed by atoms with Crippen LogP contribution in [0, 0.1) is 0 Å². The van der Waals surface area contributed by atoms with Crippen LogP contribution in [0.2, 0.25) is 5.02 Å². The van der Waals surface area contributed by atoms with Crippen molar-refractivity contribution >= 4 is 17.6 Å². The number of aliphatic carboxylic acids is 1. The summed E-state index contributed by atoms with van der Waals surface area (Å²) in [5, 5.41) is 13.5. The minimum Gasteiger partial charge on any atom is -0.480 e. The number of carbonyl (C=O) groups is 1. The first-order valence-corrected chi connectivity index (χ1v) is 13.7. The van der Waals surface area contributed by atoms with Crippen LogP contribution in [-0.2, 0) is 29.7 Å². The first-order valence-electron chi connectivity index (χ1n) is 13.3. The van der Waals surface area contributed by atoms with Crippen LogP contribution in [0.4, 0.5) is 0 Å². The standard InChI is InChI=1S/C29H38ClN5O4/c1-33(2)20-28-32-19-26(34(28)3)21-7-10-24(11-8-21)39-27-17-23(30)9-6-22(27)18-31-25(29(36)37)5-4-12-35-13-15-38-16-14-35/h6-11,17,19,25,31H,4-5,12-16,18,20H2,1-3H3,(H,36,37)/t25-/m0/s1. The second kappa shape index (κ2) is 13.9. The van der Waals surface area contributed by atoms with Crippen molar-refractivity contribution in [1.29, 1.82) is 0 Å². The number of nitrogens with one attached hydrogen (secondary N) is 1. The Kier molecular flexibility index (Phi) is 10.4. The number of morpholine rings is 1. The lowest BCUT2D eigenvalue weighted by molar-refractivity contribution is -0.139. The summed E-state index contributed by atoms with van der Waals surface area (Å²) in [4.78, 5) is 20.9. The molecule has 1 aliphatic rings. The number of imidazole rings is 1. The van der Waals surface area contributed by atoms with Crippen molar-refractivity contribution in [2.24, 2.45) is 7.05 Å². The minimum atomic E-state index is -0.854. The predicted octanol–water partition coefficient (Wildman–Crippen LogP) is 4.25. The monoisotopic (exact) mass is 555 g/mol. The third-order valence-corrected chi connectivity index (χ3v) is 7.09. The van der Waals surface area contributed by atoms with Crippen molar-refractivity contribution in [2.45, 2.75) is 32.0 Å². The van der Waals surface area contributed by atoms with E-state index in [1.165, 1.54) is 0 Å². The van der Waals surface area contributed by atoms with Crippen LogP contribution in [0.1, 0.15) is 24.2 Å². The van der Waals surface area contributed by atoms with Gasteiger partial charge in [-0.25, -0.2) is 4.98 Å². The lowest BCUT2D eigenvalue weighted by atomic mass is 10.1. The van der Waals surface area contributed by atoms with E-state index in [1.54, 1.807) is 12.1 Å². The minimum absolute atomic E-state index is 0.350. The molecule has 210 valence electrons. The average Bonchev–Trinajstić information content (AvgIpc) is 3.27. The fraction of sp³-hybridized carbons (Fsp3) is 0.448. The zero-order valence-electron chi connectivity index (χ0n) is 22.9. The maximum Gasteiger partial charge on any atom is 0.320 e. The summed E-state index contributed by atoms with van der Waals surface area (Å²) < 4.78 is 13.7. The highest BCUT2D eigenvalue weighted by atomic mass is 35.5. The van der Waals surface area contributed by atoms with Gasteiger partial charge < -0.3 is 29.4 Å². The first-order chi connectivity index (χ1) is 18.8. The molecule has 0 bridgehead atoms. The van der Waals surface area contributed by atoms with Crippen molar-refractivity contribution in [2.75, 3.05) is 46.9 Å². The maximum atomic E-state index is 11.9. The van der Waals surface area contributed by atoms with Gasteiger partial charge in [-0.05, 0) is 69.9 Å². The molecule has 0 spiro atoms. The number of benzene rings is 2. The lowest BCUT2D eigenvalue weighted by Gasteiger charge is -2.27. The normalized spacial score (nSPS) is 15.0. The molecule has 2 N–H and O–H groups in total. The molecule has 2 aromatic carbocycles. The largest absolute Gasteiger partial charge is 0.480 e. The predicted molar refractivity (Wildman–Crippen MR) is 152 cm³/mol. The van der Waals surface area contributed by atoms with Crippen LogP contribution in [0.5, 0.6) is 11.5 Å². The Morgan fingerprint density at radius 3 is 2.64 bits per heavy atom. The van der Waals surface area contributed by atoms with Crippen LogP contribution in [-0.4, -0.2) is 83.4 Å². The second-order valence-corrected chi connectivity index (χ2v) is 10.5. The summed E-state index contributed by atoms with van der Waals surface area (Å²) in [6.07, 6.45) is 3.23. The molecule has 1 fully saturated rings. The van der Waals surface area contributed by atoms with Crippen LogP contribution < -0.4 is 10.1 Å². The molecule has 1 aromatic heterocycles. The number of halogens is 1. The number of rotatable bonds is 13. The molecule has 9 nitrogen and oxygen atoms in total. The molecule has 0 aliphatic carbocycles. The maximum absolute atomic E-state index is 11.9. The van der Waals surface area contributed by atoms with Gasteiger partial charge in [0.2, 0.25) is 0 Å². The Balaban J connectivity index is 1.38. The second-order valence-electron chi connectivity index (χ2n) is 10.1. The van der Waals surface area contributed by atoms with Crippen LogP contribution in [0.25, 0.3) is 11.3 Å². The number of nitrogens with zero attached hydrogens (tertiary/aromatic N) is 4. The van der Waals surface area contributed by atoms with Crippen molar-refractivity contribution in [3.05, 3.63) is 65.1 Å².